The van der Waals surface area contributed by atoms with Crippen molar-refractivity contribution in [2.24, 2.45) is 17.6 Å². The minimum atomic E-state index is -0.756. The molecule has 0 aromatic heterocycles. The molecule has 3 unspecified atom stereocenters. The van der Waals surface area contributed by atoms with Crippen molar-refractivity contribution in [2.75, 3.05) is 26.4 Å². The van der Waals surface area contributed by atoms with Gasteiger partial charge in [0.15, 0.2) is 6.29 Å². The zero-order chi connectivity index (χ0) is 27.0. The fraction of sp³-hybridized carbons (Fsp3) is 0.968. The lowest BCUT2D eigenvalue weighted by atomic mass is 9.87. The molecule has 1 fully saturated rings. The summed E-state index contributed by atoms with van der Waals surface area (Å²) in [7, 11) is 0. The maximum atomic E-state index is 12.5. The van der Waals surface area contributed by atoms with E-state index in [0.29, 0.717) is 38.5 Å². The number of aliphatic hydroxyl groups is 1. The molecule has 3 N–H and O–H groups in total. The van der Waals surface area contributed by atoms with Gasteiger partial charge in [-0.25, -0.2) is 0 Å². The highest BCUT2D eigenvalue weighted by molar-refractivity contribution is 5.69. The lowest BCUT2D eigenvalue weighted by molar-refractivity contribution is -0.154. The molecule has 220 valence electrons. The van der Waals surface area contributed by atoms with Crippen molar-refractivity contribution in [1.82, 2.24) is 0 Å². The first-order valence-electron chi connectivity index (χ1n) is 15.9. The van der Waals surface area contributed by atoms with E-state index in [1.807, 2.05) is 0 Å². The van der Waals surface area contributed by atoms with Gasteiger partial charge in [-0.3, -0.25) is 4.79 Å². The first kappa shape index (κ1) is 34.3. The van der Waals surface area contributed by atoms with Crippen LogP contribution in [0.5, 0.6) is 0 Å². The van der Waals surface area contributed by atoms with Crippen LogP contribution in [0.25, 0.3) is 0 Å². The van der Waals surface area contributed by atoms with Crippen LogP contribution in [0.1, 0.15) is 142 Å². The van der Waals surface area contributed by atoms with E-state index in [4.69, 9.17) is 19.9 Å². The molecular weight excluding hydrogens is 466 g/mol. The Labute approximate surface area is 228 Å². The summed E-state index contributed by atoms with van der Waals surface area (Å²) in [6.07, 6.45) is 21.5. The van der Waals surface area contributed by atoms with Crippen molar-refractivity contribution in [3.8, 4) is 0 Å². The van der Waals surface area contributed by atoms with Crippen LogP contribution < -0.4 is 5.73 Å². The van der Waals surface area contributed by atoms with E-state index in [-0.39, 0.29) is 18.0 Å². The van der Waals surface area contributed by atoms with E-state index in [2.05, 4.69) is 13.8 Å². The van der Waals surface area contributed by atoms with Crippen LogP contribution >= 0.6 is 0 Å². The first-order chi connectivity index (χ1) is 18.1. The zero-order valence-electron chi connectivity index (χ0n) is 24.4. The maximum Gasteiger partial charge on any atom is 0.306 e. The summed E-state index contributed by atoms with van der Waals surface area (Å²) < 4.78 is 17.3. The summed E-state index contributed by atoms with van der Waals surface area (Å²) in [6, 6.07) is 0. The molecule has 0 bridgehead atoms. The van der Waals surface area contributed by atoms with Crippen molar-refractivity contribution in [2.45, 2.75) is 155 Å². The van der Waals surface area contributed by atoms with Gasteiger partial charge in [0.25, 0.3) is 0 Å². The molecule has 0 aliphatic heterocycles. The van der Waals surface area contributed by atoms with Crippen LogP contribution in [0.15, 0.2) is 0 Å². The Bertz CT molecular complexity index is 518. The second-order valence-corrected chi connectivity index (χ2v) is 11.1. The Morgan fingerprint density at radius 3 is 2.11 bits per heavy atom. The Hall–Kier alpha value is -0.690. The molecule has 0 amide bonds. The van der Waals surface area contributed by atoms with Gasteiger partial charge >= 0.3 is 5.97 Å². The molecule has 0 aromatic carbocycles. The summed E-state index contributed by atoms with van der Waals surface area (Å²) in [6.45, 7) is 6.93. The van der Waals surface area contributed by atoms with Crippen LogP contribution in [0.2, 0.25) is 0 Å². The van der Waals surface area contributed by atoms with Crippen molar-refractivity contribution in [1.29, 1.82) is 0 Å². The third-order valence-electron chi connectivity index (χ3n) is 7.80. The third-order valence-corrected chi connectivity index (χ3v) is 7.80. The number of esters is 1. The average Bonchev–Trinajstić information content (AvgIpc) is 3.25. The molecule has 1 aliphatic carbocycles. The number of nitrogens with two attached hydrogens (primary N) is 1. The summed E-state index contributed by atoms with van der Waals surface area (Å²) in [4.78, 5) is 12.5. The smallest absolute Gasteiger partial charge is 0.306 e. The maximum absolute atomic E-state index is 12.5. The van der Waals surface area contributed by atoms with Crippen LogP contribution in [0.4, 0.5) is 0 Å². The number of ether oxygens (including phenoxy) is 3. The fourth-order valence-corrected chi connectivity index (χ4v) is 5.56. The number of aliphatic hydroxyl groups excluding tert-OH is 1. The van der Waals surface area contributed by atoms with Gasteiger partial charge in [0.05, 0.1) is 12.7 Å². The molecule has 1 saturated carbocycles. The van der Waals surface area contributed by atoms with E-state index >= 15 is 0 Å². The van der Waals surface area contributed by atoms with Crippen LogP contribution in [0, 0.1) is 11.8 Å². The molecule has 4 atom stereocenters. The lowest BCUT2D eigenvalue weighted by Gasteiger charge is -2.27. The topological polar surface area (TPSA) is 91.0 Å². The first-order valence-corrected chi connectivity index (χ1v) is 15.9. The summed E-state index contributed by atoms with van der Waals surface area (Å²) in [5, 5.41) is 10.2. The molecule has 0 spiro atoms. The Kier molecular flexibility index (Phi) is 22.6. The second kappa shape index (κ2) is 24.4. The number of unbranched alkanes of at least 4 members (excludes halogenated alkanes) is 11. The average molecular weight is 528 g/mol. The van der Waals surface area contributed by atoms with E-state index in [0.717, 1.165) is 51.6 Å². The number of rotatable bonds is 26. The fourth-order valence-electron chi connectivity index (χ4n) is 5.56. The third kappa shape index (κ3) is 18.3. The van der Waals surface area contributed by atoms with Crippen molar-refractivity contribution >= 4 is 5.97 Å². The van der Waals surface area contributed by atoms with Crippen molar-refractivity contribution in [3.05, 3.63) is 0 Å². The monoisotopic (exact) mass is 527 g/mol. The Balaban J connectivity index is 2.11. The van der Waals surface area contributed by atoms with Crippen LogP contribution in [-0.2, 0) is 19.0 Å². The standard InChI is InChI=1S/C31H61NO5/c1-3-5-7-8-9-10-11-12-13-15-23-35-24-17-25-36-31(34)26-27-20-21-29(28(27)18-14-6-4-2)37-30(33)19-16-22-32/h27-30,33H,3-26,32H2,1-2H3/t27?,28?,29-,30?/m1/s1. The van der Waals surface area contributed by atoms with Crippen molar-refractivity contribution in [3.63, 3.8) is 0 Å². The van der Waals surface area contributed by atoms with Crippen LogP contribution in [-0.4, -0.2) is 49.8 Å². The summed E-state index contributed by atoms with van der Waals surface area (Å²) in [5.41, 5.74) is 5.56. The van der Waals surface area contributed by atoms with E-state index in [9.17, 15) is 9.90 Å². The second-order valence-electron chi connectivity index (χ2n) is 11.1. The molecule has 0 heterocycles. The number of carbonyl (C=O) groups excluding carboxylic acids is 1. The molecule has 6 nitrogen and oxygen atoms in total. The van der Waals surface area contributed by atoms with Crippen molar-refractivity contribution < 1.29 is 24.1 Å². The summed E-state index contributed by atoms with van der Waals surface area (Å²) >= 11 is 0. The molecule has 37 heavy (non-hydrogen) atoms. The lowest BCUT2D eigenvalue weighted by Crippen LogP contribution is -2.29. The zero-order valence-corrected chi connectivity index (χ0v) is 24.4. The molecule has 0 aromatic rings. The highest BCUT2D eigenvalue weighted by Gasteiger charge is 2.38. The minimum absolute atomic E-state index is 0.0293. The Morgan fingerprint density at radius 2 is 1.43 bits per heavy atom. The van der Waals surface area contributed by atoms with E-state index in [1.54, 1.807) is 0 Å². The van der Waals surface area contributed by atoms with Gasteiger partial charge < -0.3 is 25.1 Å². The largest absolute Gasteiger partial charge is 0.466 e. The van der Waals surface area contributed by atoms with Crippen LogP contribution in [0.3, 0.4) is 0 Å². The predicted molar refractivity (Wildman–Crippen MR) is 152 cm³/mol. The normalized spacial score (nSPS) is 20.4. The molecule has 1 rings (SSSR count). The van der Waals surface area contributed by atoms with Gasteiger partial charge in [-0.1, -0.05) is 90.9 Å². The minimum Gasteiger partial charge on any atom is -0.466 e. The Morgan fingerprint density at radius 1 is 0.811 bits per heavy atom. The SMILES string of the molecule is CCCCCCCCCCCCOCCCOC(=O)CC1CC[C@@H](OC(O)CCCN)C1CCCCC. The predicted octanol–water partition coefficient (Wildman–Crippen LogP) is 7.30. The molecule has 6 heteroatoms. The highest BCUT2D eigenvalue weighted by atomic mass is 16.6. The molecule has 0 radical (unpaired) electrons. The van der Waals surface area contributed by atoms with Gasteiger partial charge in [-0.2, -0.15) is 0 Å². The molecule has 1 aliphatic rings. The van der Waals surface area contributed by atoms with Gasteiger partial charge in [0.2, 0.25) is 0 Å². The molecule has 0 saturated heterocycles. The number of hydrogen-bond acceptors (Lipinski definition) is 6. The van der Waals surface area contributed by atoms with E-state index in [1.165, 1.54) is 70.6 Å². The van der Waals surface area contributed by atoms with Gasteiger partial charge in [0, 0.05) is 26.1 Å². The van der Waals surface area contributed by atoms with Gasteiger partial charge in [-0.15, -0.1) is 0 Å². The van der Waals surface area contributed by atoms with Gasteiger partial charge in [-0.05, 0) is 56.9 Å². The number of carbonyl (C=O) groups is 1. The van der Waals surface area contributed by atoms with Gasteiger partial charge in [0.1, 0.15) is 0 Å². The number of hydrogen-bond donors (Lipinski definition) is 2. The quantitative estimate of drug-likeness (QED) is 0.0697. The van der Waals surface area contributed by atoms with E-state index < -0.39 is 6.29 Å². The molecular formula is C31H61NO5. The summed E-state index contributed by atoms with van der Waals surface area (Å²) in [5.74, 6) is 0.490. The highest BCUT2D eigenvalue weighted by Crippen LogP contribution is 2.40.